The van der Waals surface area contributed by atoms with Crippen molar-refractivity contribution in [1.82, 2.24) is 25.4 Å². The number of piperazine rings is 1. The summed E-state index contributed by atoms with van der Waals surface area (Å²) < 4.78 is 32.9. The number of carbonyl (C=O) groups is 1. The van der Waals surface area contributed by atoms with E-state index >= 15 is 0 Å². The fourth-order valence-corrected chi connectivity index (χ4v) is 8.90. The van der Waals surface area contributed by atoms with Crippen LogP contribution < -0.4 is 20.9 Å². The zero-order valence-corrected chi connectivity index (χ0v) is 32.3. The van der Waals surface area contributed by atoms with E-state index in [1.165, 1.54) is 56.5 Å². The molecule has 1 saturated carbocycles. The molecule has 2 heterocycles. The van der Waals surface area contributed by atoms with E-state index in [4.69, 9.17) is 4.74 Å². The van der Waals surface area contributed by atoms with Crippen LogP contribution in [0.2, 0.25) is 0 Å². The molecule has 13 heteroatoms. The first-order valence-corrected chi connectivity index (χ1v) is 20.9. The predicted molar refractivity (Wildman–Crippen MR) is 213 cm³/mol. The van der Waals surface area contributed by atoms with Crippen molar-refractivity contribution in [2.24, 2.45) is 0 Å². The normalized spacial score (nSPS) is 17.3. The second-order valence-corrected chi connectivity index (χ2v) is 16.4. The van der Waals surface area contributed by atoms with Gasteiger partial charge in [-0.1, -0.05) is 43.5 Å². The number of amides is 1. The van der Waals surface area contributed by atoms with Crippen LogP contribution in [0.4, 0.5) is 0 Å². The Labute approximate surface area is 323 Å². The lowest BCUT2D eigenvalue weighted by Gasteiger charge is -2.42. The lowest BCUT2D eigenvalue weighted by molar-refractivity contribution is -0.116. The van der Waals surface area contributed by atoms with Gasteiger partial charge in [0.1, 0.15) is 11.5 Å². The van der Waals surface area contributed by atoms with E-state index in [1.807, 2.05) is 12.1 Å². The molecule has 1 aromatic heterocycles. The first-order valence-electron chi connectivity index (χ1n) is 19.4. The second-order valence-electron chi connectivity index (χ2n) is 14.5. The number of phenols is 1. The Morgan fingerprint density at radius 2 is 1.73 bits per heavy atom. The summed E-state index contributed by atoms with van der Waals surface area (Å²) in [6.07, 6.45) is 9.84. The first kappa shape index (κ1) is 40.0. The average Bonchev–Trinajstić information content (AvgIpc) is 3.21. The van der Waals surface area contributed by atoms with Gasteiger partial charge in [0.2, 0.25) is 21.3 Å². The number of aromatic nitrogens is 1. The van der Waals surface area contributed by atoms with Gasteiger partial charge >= 0.3 is 0 Å². The first-order chi connectivity index (χ1) is 26.6. The van der Waals surface area contributed by atoms with Crippen molar-refractivity contribution in [3.8, 4) is 11.5 Å². The number of ether oxygens (including phenoxy) is 1. The number of fused-ring (bicyclic) bond motifs is 1. The number of unbranched alkanes of at least 4 members (excludes halogenated alkanes) is 1. The van der Waals surface area contributed by atoms with Crippen molar-refractivity contribution in [3.63, 3.8) is 0 Å². The molecule has 5 N–H and O–H groups in total. The smallest absolute Gasteiger partial charge is 0.248 e. The molecule has 2 fully saturated rings. The van der Waals surface area contributed by atoms with Crippen LogP contribution in [0.5, 0.6) is 11.5 Å². The molecule has 12 nitrogen and oxygen atoms in total. The molecular weight excluding hydrogens is 719 g/mol. The van der Waals surface area contributed by atoms with Gasteiger partial charge in [0.25, 0.3) is 0 Å². The number of carbonyl (C=O) groups excluding carboxylic acids is 1. The van der Waals surface area contributed by atoms with E-state index in [2.05, 4.69) is 32.3 Å². The zero-order valence-electron chi connectivity index (χ0n) is 31.5. The highest BCUT2D eigenvalue weighted by atomic mass is 32.2. The number of H-pyrrole nitrogens is 1. The Hall–Kier alpha value is -4.69. The maximum atomic E-state index is 13.5. The van der Waals surface area contributed by atoms with Crippen LogP contribution in [-0.2, 0) is 14.6 Å². The van der Waals surface area contributed by atoms with E-state index in [9.17, 15) is 28.2 Å². The summed E-state index contributed by atoms with van der Waals surface area (Å²) >= 11 is 0. The summed E-state index contributed by atoms with van der Waals surface area (Å²) in [7, 11) is -3.73. The highest BCUT2D eigenvalue weighted by Gasteiger charge is 2.28. The minimum Gasteiger partial charge on any atom is -0.506 e. The third-order valence-corrected chi connectivity index (χ3v) is 12.6. The standard InChI is InChI=1S/C42H53N5O7S/c1-30(46-23-25-47(26-24-46)32-8-3-2-4-9-32)31-12-14-34(15-13-31)55(52,53)35-11-7-10-33(28-35)54-27-6-5-21-44-40(50)20-22-43-29-39(49)36-16-18-38(48)42-37(36)17-19-41(51)45-42/h7,10-20,22,28,30,32,39,43,48-49H,2-6,8-9,21,23-27,29H2,1H3,(H,44,50)(H,45,51)/t30-,39-/m0/s1. The lowest BCUT2D eigenvalue weighted by Crippen LogP contribution is -2.51. The van der Waals surface area contributed by atoms with Crippen LogP contribution in [0.1, 0.15) is 75.1 Å². The van der Waals surface area contributed by atoms with Gasteiger partial charge in [-0.2, -0.15) is 0 Å². The summed E-state index contributed by atoms with van der Waals surface area (Å²) in [5.41, 5.74) is 1.53. The summed E-state index contributed by atoms with van der Waals surface area (Å²) in [6, 6.07) is 20.7. The van der Waals surface area contributed by atoms with Gasteiger partial charge in [-0.25, -0.2) is 8.42 Å². The fraction of sp³-hybridized carbons (Fsp3) is 0.429. The van der Waals surface area contributed by atoms with E-state index < -0.39 is 15.9 Å². The number of sulfone groups is 1. The van der Waals surface area contributed by atoms with Crippen molar-refractivity contribution >= 4 is 26.6 Å². The minimum atomic E-state index is -3.73. The topological polar surface area (TPSA) is 164 Å². The van der Waals surface area contributed by atoms with E-state index in [-0.39, 0.29) is 45.1 Å². The Bertz CT molecular complexity index is 2090. The molecule has 6 rings (SSSR count). The quantitative estimate of drug-likeness (QED) is 0.0757. The summed E-state index contributed by atoms with van der Waals surface area (Å²) in [5.74, 6) is 0.0753. The molecule has 1 saturated heterocycles. The molecule has 3 aromatic carbocycles. The van der Waals surface area contributed by atoms with E-state index in [1.54, 1.807) is 48.5 Å². The number of nitrogens with zero attached hydrogens (tertiary/aromatic N) is 2. The molecule has 4 aromatic rings. The maximum absolute atomic E-state index is 13.5. The molecule has 294 valence electrons. The van der Waals surface area contributed by atoms with Crippen LogP contribution in [0.25, 0.3) is 10.9 Å². The molecule has 0 bridgehead atoms. The van der Waals surface area contributed by atoms with Crippen LogP contribution in [0.3, 0.4) is 0 Å². The maximum Gasteiger partial charge on any atom is 0.248 e. The highest BCUT2D eigenvalue weighted by Crippen LogP contribution is 2.30. The number of phenolic OH excluding ortho intramolecular Hbond substituents is 1. The van der Waals surface area contributed by atoms with Crippen LogP contribution in [0.15, 0.2) is 99.7 Å². The Morgan fingerprint density at radius 3 is 2.49 bits per heavy atom. The summed E-state index contributed by atoms with van der Waals surface area (Å²) in [4.78, 5) is 32.0. The number of aliphatic hydroxyl groups excluding tert-OH is 1. The highest BCUT2D eigenvalue weighted by molar-refractivity contribution is 7.91. The van der Waals surface area contributed by atoms with Gasteiger partial charge < -0.3 is 30.6 Å². The molecule has 1 amide bonds. The van der Waals surface area contributed by atoms with Gasteiger partial charge in [-0.3, -0.25) is 19.4 Å². The van der Waals surface area contributed by atoms with Crippen molar-refractivity contribution in [1.29, 1.82) is 0 Å². The molecule has 1 aliphatic heterocycles. The summed E-state index contributed by atoms with van der Waals surface area (Å²) in [6.45, 7) is 7.32. The average molecular weight is 772 g/mol. The van der Waals surface area contributed by atoms with Crippen molar-refractivity contribution < 1.29 is 28.2 Å². The molecule has 0 radical (unpaired) electrons. The van der Waals surface area contributed by atoms with Crippen molar-refractivity contribution in [2.45, 2.75) is 79.8 Å². The monoisotopic (exact) mass is 771 g/mol. The van der Waals surface area contributed by atoms with Crippen LogP contribution >= 0.6 is 0 Å². The van der Waals surface area contributed by atoms with Gasteiger partial charge in [0, 0.05) is 75.1 Å². The molecule has 0 unspecified atom stereocenters. The van der Waals surface area contributed by atoms with Crippen molar-refractivity contribution in [3.05, 3.63) is 107 Å². The van der Waals surface area contributed by atoms with E-state index in [0.717, 1.165) is 37.8 Å². The number of hydrogen-bond acceptors (Lipinski definition) is 10. The third-order valence-electron chi connectivity index (χ3n) is 10.8. The zero-order chi connectivity index (χ0) is 38.8. The second kappa shape index (κ2) is 18.8. The molecular formula is C42H53N5O7S. The van der Waals surface area contributed by atoms with Crippen molar-refractivity contribution in [2.75, 3.05) is 45.9 Å². The number of pyridine rings is 1. The number of aliphatic hydroxyl groups is 1. The molecule has 2 atom stereocenters. The van der Waals surface area contributed by atoms with E-state index in [0.29, 0.717) is 42.7 Å². The fourth-order valence-electron chi connectivity index (χ4n) is 7.60. The number of rotatable bonds is 16. The number of benzene rings is 3. The van der Waals surface area contributed by atoms with Gasteiger partial charge in [-0.15, -0.1) is 0 Å². The van der Waals surface area contributed by atoms with Gasteiger partial charge in [0.05, 0.1) is 28.0 Å². The third kappa shape index (κ3) is 10.3. The minimum absolute atomic E-state index is 0.0878. The molecule has 1 aliphatic carbocycles. The molecule has 55 heavy (non-hydrogen) atoms. The molecule has 2 aliphatic rings. The van der Waals surface area contributed by atoms with Gasteiger partial charge in [-0.05, 0) is 86.2 Å². The van der Waals surface area contributed by atoms with Crippen LogP contribution in [-0.4, -0.2) is 91.2 Å². The van der Waals surface area contributed by atoms with Crippen LogP contribution in [0, 0.1) is 0 Å². The number of nitrogens with one attached hydrogen (secondary N) is 3. The van der Waals surface area contributed by atoms with Gasteiger partial charge in [0.15, 0.2) is 0 Å². The number of hydrogen-bond donors (Lipinski definition) is 5. The Morgan fingerprint density at radius 1 is 0.964 bits per heavy atom. The largest absolute Gasteiger partial charge is 0.506 e. The Balaban J connectivity index is 0.893. The number of aromatic amines is 1. The SMILES string of the molecule is C[C@@H](c1ccc(S(=O)(=O)c2cccc(OCCCCNC(=O)C=CNC[C@H](O)c3ccc(O)c4[nH]c(=O)ccc34)c2)cc1)N1CCN(C2CCCCC2)CC1. The summed E-state index contributed by atoms with van der Waals surface area (Å²) in [5, 5.41) is 26.9. The lowest BCUT2D eigenvalue weighted by atomic mass is 9.93. The number of aromatic hydroxyl groups is 1. The molecule has 0 spiro atoms. The predicted octanol–water partition coefficient (Wildman–Crippen LogP) is 5.19. The Kier molecular flexibility index (Phi) is 13.6.